The summed E-state index contributed by atoms with van der Waals surface area (Å²) in [7, 11) is 0. The number of hydrogen-bond acceptors (Lipinski definition) is 5. The monoisotopic (exact) mass is 380 g/mol. The predicted molar refractivity (Wildman–Crippen MR) is 103 cm³/mol. The second kappa shape index (κ2) is 7.32. The van der Waals surface area contributed by atoms with Gasteiger partial charge in [-0.2, -0.15) is 5.26 Å². The lowest BCUT2D eigenvalue weighted by Crippen LogP contribution is -2.42. The van der Waals surface area contributed by atoms with Crippen molar-refractivity contribution in [1.29, 1.82) is 5.26 Å². The van der Waals surface area contributed by atoms with Crippen LogP contribution in [0.4, 0.5) is 0 Å². The van der Waals surface area contributed by atoms with E-state index < -0.39 is 0 Å². The molecule has 3 aromatic rings. The summed E-state index contributed by atoms with van der Waals surface area (Å²) in [5.74, 6) is 0.572. The van der Waals surface area contributed by atoms with Gasteiger partial charge in [-0.25, -0.2) is 0 Å². The van der Waals surface area contributed by atoms with Crippen molar-refractivity contribution in [3.05, 3.63) is 74.1 Å². The first-order valence-electron chi connectivity index (χ1n) is 8.28. The Hall–Kier alpha value is -2.62. The van der Waals surface area contributed by atoms with E-state index in [0.717, 1.165) is 6.42 Å². The molecule has 1 atom stereocenters. The van der Waals surface area contributed by atoms with Gasteiger partial charge in [0.1, 0.15) is 5.75 Å². The predicted octanol–water partition coefficient (Wildman–Crippen LogP) is 4.23. The van der Waals surface area contributed by atoms with Gasteiger partial charge in [0, 0.05) is 16.3 Å². The molecule has 0 N–H and O–H groups in total. The fraction of sp³-hybridized carbons (Fsp3) is 0.200. The number of fused-ring (bicyclic) bond motifs is 1. The normalized spacial score (nSPS) is 16.0. The maximum atomic E-state index is 12.9. The molecule has 130 valence electrons. The summed E-state index contributed by atoms with van der Waals surface area (Å²) in [5.41, 5.74) is 1.80. The SMILES string of the molecule is N#Cc1ccc(OCC(=O)N2CCc3sccc3[C@@H]2c2cccs2)cc1. The molecular formula is C20H16N2O2S2. The van der Waals surface area contributed by atoms with Gasteiger partial charge < -0.3 is 9.64 Å². The minimum absolute atomic E-state index is 0.00670. The molecule has 1 aliphatic heterocycles. The smallest absolute Gasteiger partial charge is 0.261 e. The van der Waals surface area contributed by atoms with Gasteiger partial charge in [0.25, 0.3) is 5.91 Å². The maximum Gasteiger partial charge on any atom is 0.261 e. The summed E-state index contributed by atoms with van der Waals surface area (Å²) >= 11 is 3.44. The molecule has 4 nitrogen and oxygen atoms in total. The van der Waals surface area contributed by atoms with Crippen LogP contribution in [0.1, 0.15) is 26.9 Å². The van der Waals surface area contributed by atoms with E-state index in [1.54, 1.807) is 46.9 Å². The summed E-state index contributed by atoms with van der Waals surface area (Å²) < 4.78 is 5.66. The molecule has 0 radical (unpaired) electrons. The molecule has 1 aromatic carbocycles. The molecule has 0 saturated carbocycles. The van der Waals surface area contributed by atoms with Crippen molar-refractivity contribution in [2.75, 3.05) is 13.2 Å². The average Bonchev–Trinajstić information content (AvgIpc) is 3.37. The van der Waals surface area contributed by atoms with Crippen molar-refractivity contribution in [1.82, 2.24) is 4.90 Å². The lowest BCUT2D eigenvalue weighted by atomic mass is 9.98. The van der Waals surface area contributed by atoms with Crippen LogP contribution in [0.25, 0.3) is 0 Å². The zero-order valence-electron chi connectivity index (χ0n) is 13.9. The number of hydrogen-bond donors (Lipinski definition) is 0. The van der Waals surface area contributed by atoms with Gasteiger partial charge in [-0.3, -0.25) is 4.79 Å². The van der Waals surface area contributed by atoms with Crippen LogP contribution in [0.5, 0.6) is 5.75 Å². The van der Waals surface area contributed by atoms with Crippen molar-refractivity contribution >= 4 is 28.6 Å². The first-order valence-corrected chi connectivity index (χ1v) is 10.0. The Bertz CT molecular complexity index is 939. The van der Waals surface area contributed by atoms with Crippen molar-refractivity contribution in [3.8, 4) is 11.8 Å². The number of nitrogens with zero attached hydrogens (tertiary/aromatic N) is 2. The van der Waals surface area contributed by atoms with Crippen molar-refractivity contribution in [2.24, 2.45) is 0 Å². The molecule has 4 rings (SSSR count). The standard InChI is InChI=1S/C20H16N2O2S2/c21-12-14-3-5-15(6-4-14)24-13-19(23)22-9-7-17-16(8-11-26-17)20(22)18-2-1-10-25-18/h1-6,8,10-11,20H,7,9,13H2/t20-/m1/s1. The Morgan fingerprint density at radius 2 is 2.04 bits per heavy atom. The highest BCUT2D eigenvalue weighted by molar-refractivity contribution is 7.10. The molecule has 0 bridgehead atoms. The molecule has 6 heteroatoms. The Labute approximate surface area is 159 Å². The minimum atomic E-state index is -0.0259. The lowest BCUT2D eigenvalue weighted by Gasteiger charge is -2.35. The zero-order chi connectivity index (χ0) is 17.9. The number of carbonyl (C=O) groups excluding carboxylic acids is 1. The molecule has 26 heavy (non-hydrogen) atoms. The fourth-order valence-electron chi connectivity index (χ4n) is 3.19. The van der Waals surface area contributed by atoms with E-state index in [0.29, 0.717) is 17.9 Å². The maximum absolute atomic E-state index is 12.9. The van der Waals surface area contributed by atoms with E-state index in [1.165, 1.54) is 15.3 Å². The fourth-order valence-corrected chi connectivity index (χ4v) is 4.95. The summed E-state index contributed by atoms with van der Waals surface area (Å²) in [5, 5.41) is 13.0. The van der Waals surface area contributed by atoms with Crippen molar-refractivity contribution in [3.63, 3.8) is 0 Å². The van der Waals surface area contributed by atoms with Crippen LogP contribution in [-0.2, 0) is 11.2 Å². The van der Waals surface area contributed by atoms with Gasteiger partial charge >= 0.3 is 0 Å². The minimum Gasteiger partial charge on any atom is -0.484 e. The van der Waals surface area contributed by atoms with Crippen molar-refractivity contribution < 1.29 is 9.53 Å². The third-order valence-corrected chi connectivity index (χ3v) is 6.37. The molecule has 0 spiro atoms. The second-order valence-corrected chi connectivity index (χ2v) is 7.96. The van der Waals surface area contributed by atoms with Gasteiger partial charge in [0.2, 0.25) is 0 Å². The van der Waals surface area contributed by atoms with E-state index >= 15 is 0 Å². The number of rotatable bonds is 4. The summed E-state index contributed by atoms with van der Waals surface area (Å²) in [6.07, 6.45) is 0.886. The number of ether oxygens (including phenoxy) is 1. The molecule has 2 aromatic heterocycles. The molecule has 3 heterocycles. The molecule has 1 amide bonds. The van der Waals surface area contributed by atoms with Crippen LogP contribution in [0, 0.1) is 11.3 Å². The summed E-state index contributed by atoms with van der Waals surface area (Å²) in [4.78, 5) is 17.3. The average molecular weight is 380 g/mol. The molecular weight excluding hydrogens is 364 g/mol. The lowest BCUT2D eigenvalue weighted by molar-refractivity contribution is -0.135. The van der Waals surface area contributed by atoms with E-state index in [-0.39, 0.29) is 18.6 Å². The van der Waals surface area contributed by atoms with Crippen LogP contribution in [0.15, 0.2) is 53.2 Å². The largest absolute Gasteiger partial charge is 0.484 e. The van der Waals surface area contributed by atoms with Crippen LogP contribution in [0.2, 0.25) is 0 Å². The summed E-state index contributed by atoms with van der Waals surface area (Å²) in [6.45, 7) is 0.693. The second-order valence-electron chi connectivity index (χ2n) is 5.98. The van der Waals surface area contributed by atoms with Crippen LogP contribution in [-0.4, -0.2) is 24.0 Å². The number of amides is 1. The van der Waals surface area contributed by atoms with Crippen molar-refractivity contribution in [2.45, 2.75) is 12.5 Å². The van der Waals surface area contributed by atoms with Crippen LogP contribution < -0.4 is 4.74 Å². The van der Waals surface area contributed by atoms with E-state index in [4.69, 9.17) is 10.00 Å². The third-order valence-electron chi connectivity index (χ3n) is 4.44. The summed E-state index contributed by atoms with van der Waals surface area (Å²) in [6, 6.07) is 15.1. The highest BCUT2D eigenvalue weighted by Gasteiger charge is 2.33. The molecule has 1 aliphatic rings. The molecule has 0 unspecified atom stereocenters. The van der Waals surface area contributed by atoms with E-state index in [1.807, 2.05) is 16.3 Å². The molecule has 0 saturated heterocycles. The Balaban J connectivity index is 1.52. The zero-order valence-corrected chi connectivity index (χ0v) is 15.6. The number of nitriles is 1. The number of thiophene rings is 2. The van der Waals surface area contributed by atoms with E-state index in [9.17, 15) is 4.79 Å². The van der Waals surface area contributed by atoms with Gasteiger partial charge in [0.05, 0.1) is 17.7 Å². The van der Waals surface area contributed by atoms with Gasteiger partial charge in [-0.05, 0) is 59.1 Å². The van der Waals surface area contributed by atoms with Gasteiger partial charge in [-0.1, -0.05) is 6.07 Å². The first-order chi connectivity index (χ1) is 12.8. The van der Waals surface area contributed by atoms with E-state index in [2.05, 4.69) is 23.6 Å². The number of carbonyl (C=O) groups is 1. The van der Waals surface area contributed by atoms with Gasteiger partial charge in [-0.15, -0.1) is 22.7 Å². The van der Waals surface area contributed by atoms with Gasteiger partial charge in [0.15, 0.2) is 6.61 Å². The van der Waals surface area contributed by atoms with Crippen LogP contribution >= 0.6 is 22.7 Å². The quantitative estimate of drug-likeness (QED) is 0.680. The Morgan fingerprint density at radius 1 is 1.19 bits per heavy atom. The van der Waals surface area contributed by atoms with Crippen LogP contribution in [0.3, 0.4) is 0 Å². The first kappa shape index (κ1) is 16.8. The number of benzene rings is 1. The third kappa shape index (κ3) is 3.24. The Kier molecular flexibility index (Phi) is 4.74. The molecule has 0 aliphatic carbocycles. The highest BCUT2D eigenvalue weighted by atomic mass is 32.1. The highest BCUT2D eigenvalue weighted by Crippen LogP contribution is 2.39. The Morgan fingerprint density at radius 3 is 2.77 bits per heavy atom. The molecule has 0 fully saturated rings. The topological polar surface area (TPSA) is 53.3 Å².